The number of hydrogen-bond donors (Lipinski definition) is 2. The maximum atomic E-state index is 12.9. The van der Waals surface area contributed by atoms with Gasteiger partial charge < -0.3 is 20.5 Å². The number of aliphatic hydroxyl groups excluding tert-OH is 1. The minimum Gasteiger partial charge on any atom is -0.490 e. The number of nitrogens with two attached hydrogens (primary N) is 1. The van der Waals surface area contributed by atoms with E-state index in [2.05, 4.69) is 0 Å². The van der Waals surface area contributed by atoms with Gasteiger partial charge in [0.05, 0.1) is 11.6 Å². The number of rotatable bonds is 8. The van der Waals surface area contributed by atoms with Gasteiger partial charge >= 0.3 is 6.18 Å². The molecule has 0 aliphatic heterocycles. The average Bonchev–Trinajstić information content (AvgIpc) is 2.57. The molecule has 1 aromatic carbocycles. The first-order chi connectivity index (χ1) is 11.6. The number of likely N-dealkylation sites (N-methyl/N-ethyl adjacent to an activating group) is 1. The van der Waals surface area contributed by atoms with Gasteiger partial charge in [0.15, 0.2) is 0 Å². The summed E-state index contributed by atoms with van der Waals surface area (Å²) in [5.41, 5.74) is 4.94. The molecule has 3 atom stereocenters. The van der Waals surface area contributed by atoms with E-state index in [9.17, 15) is 23.1 Å². The zero-order valence-electron chi connectivity index (χ0n) is 15.0. The van der Waals surface area contributed by atoms with E-state index in [4.69, 9.17) is 10.5 Å². The van der Waals surface area contributed by atoms with Crippen molar-refractivity contribution in [3.8, 4) is 5.75 Å². The fourth-order valence-corrected chi connectivity index (χ4v) is 2.22. The highest BCUT2D eigenvalue weighted by Gasteiger charge is 2.34. The van der Waals surface area contributed by atoms with Crippen LogP contribution < -0.4 is 10.5 Å². The van der Waals surface area contributed by atoms with Crippen molar-refractivity contribution in [3.63, 3.8) is 0 Å². The van der Waals surface area contributed by atoms with Gasteiger partial charge in [-0.25, -0.2) is 0 Å². The monoisotopic (exact) mass is 398 g/mol. The Balaban J connectivity index is 0.00000625. The second-order valence-corrected chi connectivity index (χ2v) is 6.09. The van der Waals surface area contributed by atoms with E-state index in [0.717, 1.165) is 12.5 Å². The molecule has 0 bridgehead atoms. The van der Waals surface area contributed by atoms with Crippen LogP contribution in [-0.2, 0) is 11.0 Å². The number of halogens is 4. The van der Waals surface area contributed by atoms with E-state index in [-0.39, 0.29) is 43.1 Å². The maximum Gasteiger partial charge on any atom is 0.419 e. The van der Waals surface area contributed by atoms with Gasteiger partial charge in [-0.15, -0.1) is 12.4 Å². The summed E-state index contributed by atoms with van der Waals surface area (Å²) in [6.07, 6.45) is -4.95. The Morgan fingerprint density at radius 3 is 2.46 bits per heavy atom. The Bertz CT molecular complexity index is 572. The standard InChI is InChI=1S/C17H25F3N2O3.ClH/c1-4-11(2)15(21)16(24)22(3)9-12(23)10-25-14-8-6-5-7-13(14)17(18,19)20;/h5-8,11-12,15,23H,4,9-10,21H2,1-3H3;1H. The Kier molecular flexibility index (Phi) is 9.98. The summed E-state index contributed by atoms with van der Waals surface area (Å²) in [4.78, 5) is 13.4. The number of benzene rings is 1. The van der Waals surface area contributed by atoms with E-state index in [1.807, 2.05) is 13.8 Å². The number of hydrogen-bond acceptors (Lipinski definition) is 4. The highest BCUT2D eigenvalue weighted by molar-refractivity contribution is 5.85. The molecule has 0 aliphatic rings. The quantitative estimate of drug-likeness (QED) is 0.706. The minimum atomic E-state index is -4.54. The lowest BCUT2D eigenvalue weighted by Gasteiger charge is -2.26. The summed E-state index contributed by atoms with van der Waals surface area (Å²) in [5.74, 6) is -0.703. The van der Waals surface area contributed by atoms with Crippen molar-refractivity contribution in [1.82, 2.24) is 4.90 Å². The molecule has 0 fully saturated rings. The number of aliphatic hydroxyl groups is 1. The number of carbonyl (C=O) groups excluding carboxylic acids is 1. The second-order valence-electron chi connectivity index (χ2n) is 6.09. The van der Waals surface area contributed by atoms with E-state index in [1.54, 1.807) is 0 Å². The number of para-hydroxylation sites is 1. The summed E-state index contributed by atoms with van der Waals surface area (Å²) < 4.78 is 43.7. The topological polar surface area (TPSA) is 75.8 Å². The van der Waals surface area contributed by atoms with E-state index in [1.165, 1.54) is 30.1 Å². The molecular weight excluding hydrogens is 373 g/mol. The molecule has 0 saturated heterocycles. The number of ether oxygens (including phenoxy) is 1. The first kappa shape index (κ1) is 24.5. The molecule has 150 valence electrons. The van der Waals surface area contributed by atoms with Crippen LogP contribution in [0.15, 0.2) is 24.3 Å². The van der Waals surface area contributed by atoms with Gasteiger partial charge in [-0.05, 0) is 18.1 Å². The van der Waals surface area contributed by atoms with Crippen LogP contribution in [0.4, 0.5) is 13.2 Å². The molecule has 3 unspecified atom stereocenters. The molecule has 0 aliphatic carbocycles. The lowest BCUT2D eigenvalue weighted by molar-refractivity contribution is -0.139. The Morgan fingerprint density at radius 2 is 1.92 bits per heavy atom. The number of alkyl halides is 3. The van der Waals surface area contributed by atoms with Crippen LogP contribution in [0.3, 0.4) is 0 Å². The molecule has 0 heterocycles. The summed E-state index contributed by atoms with van der Waals surface area (Å²) >= 11 is 0. The molecule has 1 rings (SSSR count). The molecule has 0 radical (unpaired) electrons. The van der Waals surface area contributed by atoms with Crippen LogP contribution in [0.1, 0.15) is 25.8 Å². The fourth-order valence-electron chi connectivity index (χ4n) is 2.22. The summed E-state index contributed by atoms with van der Waals surface area (Å²) in [7, 11) is 1.48. The van der Waals surface area contributed by atoms with Gasteiger partial charge in [0.1, 0.15) is 18.5 Å². The predicted octanol–water partition coefficient (Wildman–Crippen LogP) is 2.70. The molecule has 0 spiro atoms. The molecule has 9 heteroatoms. The van der Waals surface area contributed by atoms with Gasteiger partial charge in [0, 0.05) is 13.6 Å². The SMILES string of the molecule is CCC(C)C(N)C(=O)N(C)CC(O)COc1ccccc1C(F)(F)F.Cl. The molecule has 3 N–H and O–H groups in total. The maximum absolute atomic E-state index is 12.9. The highest BCUT2D eigenvalue weighted by Crippen LogP contribution is 2.35. The third kappa shape index (κ3) is 7.01. The number of nitrogens with zero attached hydrogens (tertiary/aromatic N) is 1. The molecule has 5 nitrogen and oxygen atoms in total. The first-order valence-corrected chi connectivity index (χ1v) is 8.05. The smallest absolute Gasteiger partial charge is 0.419 e. The van der Waals surface area contributed by atoms with Crippen LogP contribution in [0.2, 0.25) is 0 Å². The zero-order chi connectivity index (χ0) is 19.2. The Labute approximate surface area is 157 Å². The normalized spacial score (nSPS) is 14.8. The van der Waals surface area contributed by atoms with E-state index < -0.39 is 23.9 Å². The van der Waals surface area contributed by atoms with Crippen LogP contribution in [0.25, 0.3) is 0 Å². The van der Waals surface area contributed by atoms with Crippen molar-refractivity contribution in [1.29, 1.82) is 0 Å². The number of carbonyl (C=O) groups is 1. The predicted molar refractivity (Wildman–Crippen MR) is 95.3 cm³/mol. The van der Waals surface area contributed by atoms with Gasteiger partial charge in [-0.2, -0.15) is 13.2 Å². The van der Waals surface area contributed by atoms with Crippen molar-refractivity contribution in [2.75, 3.05) is 20.2 Å². The molecule has 1 amide bonds. The molecule has 26 heavy (non-hydrogen) atoms. The van der Waals surface area contributed by atoms with Gasteiger partial charge in [0.2, 0.25) is 5.91 Å². The fraction of sp³-hybridized carbons (Fsp3) is 0.588. The summed E-state index contributed by atoms with van der Waals surface area (Å²) in [6, 6.07) is 4.08. The molecule has 0 aromatic heterocycles. The van der Waals surface area contributed by atoms with Crippen LogP contribution in [-0.4, -0.2) is 48.3 Å². The third-order valence-corrected chi connectivity index (χ3v) is 4.03. The third-order valence-electron chi connectivity index (χ3n) is 4.03. The van der Waals surface area contributed by atoms with Crippen LogP contribution in [0.5, 0.6) is 5.75 Å². The lowest BCUT2D eigenvalue weighted by atomic mass is 9.99. The van der Waals surface area contributed by atoms with E-state index in [0.29, 0.717) is 0 Å². The van der Waals surface area contributed by atoms with Gasteiger partial charge in [0.25, 0.3) is 0 Å². The largest absolute Gasteiger partial charge is 0.490 e. The molecular formula is C17H26ClF3N2O3. The Morgan fingerprint density at radius 1 is 1.35 bits per heavy atom. The molecule has 1 aromatic rings. The summed E-state index contributed by atoms with van der Waals surface area (Å²) in [5, 5.41) is 9.96. The van der Waals surface area contributed by atoms with Gasteiger partial charge in [-0.1, -0.05) is 32.4 Å². The number of amides is 1. The average molecular weight is 399 g/mol. The van der Waals surface area contributed by atoms with Crippen molar-refractivity contribution in [2.24, 2.45) is 11.7 Å². The van der Waals surface area contributed by atoms with Gasteiger partial charge in [-0.3, -0.25) is 4.79 Å². The Hall–Kier alpha value is -1.51. The second kappa shape index (κ2) is 10.6. The first-order valence-electron chi connectivity index (χ1n) is 8.05. The lowest BCUT2D eigenvalue weighted by Crippen LogP contribution is -2.48. The highest BCUT2D eigenvalue weighted by atomic mass is 35.5. The van der Waals surface area contributed by atoms with Crippen molar-refractivity contribution < 1.29 is 27.8 Å². The van der Waals surface area contributed by atoms with Crippen LogP contribution >= 0.6 is 12.4 Å². The van der Waals surface area contributed by atoms with Crippen molar-refractivity contribution >= 4 is 18.3 Å². The van der Waals surface area contributed by atoms with Crippen molar-refractivity contribution in [2.45, 2.75) is 38.6 Å². The molecule has 0 saturated carbocycles. The zero-order valence-corrected chi connectivity index (χ0v) is 15.8. The van der Waals surface area contributed by atoms with E-state index >= 15 is 0 Å². The summed E-state index contributed by atoms with van der Waals surface area (Å²) in [6.45, 7) is 3.31. The minimum absolute atomic E-state index is 0. The van der Waals surface area contributed by atoms with Crippen molar-refractivity contribution in [3.05, 3.63) is 29.8 Å². The van der Waals surface area contributed by atoms with Crippen LogP contribution in [0, 0.1) is 5.92 Å².